The molecule has 0 aliphatic carbocycles. The fourth-order valence-electron chi connectivity index (χ4n) is 2.89. The maximum atomic E-state index is 13.2. The smallest absolute Gasteiger partial charge is 0.250 e. The zero-order valence-electron chi connectivity index (χ0n) is 15.4. The van der Waals surface area contributed by atoms with Gasteiger partial charge in [-0.2, -0.15) is 0 Å². The van der Waals surface area contributed by atoms with Crippen LogP contribution in [-0.4, -0.2) is 10.8 Å². The van der Waals surface area contributed by atoms with Crippen molar-refractivity contribution in [1.82, 2.24) is 4.90 Å². The molecule has 2 heteroatoms. The summed E-state index contributed by atoms with van der Waals surface area (Å²) < 4.78 is 0. The van der Waals surface area contributed by atoms with E-state index in [9.17, 15) is 4.79 Å². The van der Waals surface area contributed by atoms with Gasteiger partial charge in [-0.05, 0) is 24.0 Å². The Morgan fingerprint density at radius 2 is 1.36 bits per heavy atom. The minimum atomic E-state index is 0.169. The van der Waals surface area contributed by atoms with Gasteiger partial charge in [-0.1, -0.05) is 93.4 Å². The lowest BCUT2D eigenvalue weighted by Gasteiger charge is -2.24. The molecular weight excluding hydrogens is 306 g/mol. The van der Waals surface area contributed by atoms with Crippen LogP contribution in [0, 0.1) is 0 Å². The molecule has 2 aromatic rings. The van der Waals surface area contributed by atoms with Crippen molar-refractivity contribution in [3.8, 4) is 0 Å². The molecule has 0 atom stereocenters. The van der Waals surface area contributed by atoms with Crippen LogP contribution in [0.4, 0.5) is 0 Å². The number of hydrogen-bond donors (Lipinski definition) is 0. The number of allylic oxidation sites excluding steroid dienone is 1. The lowest BCUT2D eigenvalue weighted by Crippen LogP contribution is -2.31. The molecule has 25 heavy (non-hydrogen) atoms. The third-order valence-corrected chi connectivity index (χ3v) is 4.19. The molecule has 0 unspecified atom stereocenters. The number of unbranched alkanes of at least 4 members (excludes halogenated alkanes) is 1. The van der Waals surface area contributed by atoms with Crippen LogP contribution in [0.5, 0.6) is 0 Å². The van der Waals surface area contributed by atoms with Gasteiger partial charge in [0.1, 0.15) is 0 Å². The van der Waals surface area contributed by atoms with Crippen LogP contribution in [0.3, 0.4) is 0 Å². The van der Waals surface area contributed by atoms with Crippen LogP contribution in [0.1, 0.15) is 50.7 Å². The quantitative estimate of drug-likeness (QED) is 0.535. The topological polar surface area (TPSA) is 20.3 Å². The van der Waals surface area contributed by atoms with E-state index >= 15 is 0 Å². The van der Waals surface area contributed by atoms with Gasteiger partial charge in [-0.25, -0.2) is 0 Å². The van der Waals surface area contributed by atoms with Gasteiger partial charge in [0.2, 0.25) is 5.91 Å². The van der Waals surface area contributed by atoms with E-state index in [1.807, 2.05) is 41.3 Å². The van der Waals surface area contributed by atoms with Crippen LogP contribution in [0.25, 0.3) is 0 Å². The van der Waals surface area contributed by atoms with Gasteiger partial charge in [0.25, 0.3) is 0 Å². The van der Waals surface area contributed by atoms with Crippen molar-refractivity contribution in [3.05, 3.63) is 83.4 Å². The normalized spacial score (nSPS) is 11.4. The maximum absolute atomic E-state index is 13.2. The Labute approximate surface area is 152 Å². The second-order valence-electron chi connectivity index (χ2n) is 6.40. The standard InChI is InChI=1S/C23H29NO/c1-3-5-17-22(12-4-2)23(25)24(18-20-13-8-6-9-14-20)19-21-15-10-7-11-16-21/h6-11,13-17H,3-5,12,18-19H2,1-2H3/b22-17+. The summed E-state index contributed by atoms with van der Waals surface area (Å²) in [5.41, 5.74) is 3.28. The molecule has 2 aromatic carbocycles. The molecule has 0 radical (unpaired) electrons. The number of benzene rings is 2. The van der Waals surface area contributed by atoms with E-state index in [0.29, 0.717) is 13.1 Å². The highest BCUT2D eigenvalue weighted by Crippen LogP contribution is 2.17. The molecule has 1 amide bonds. The predicted octanol–water partition coefficient (Wildman–Crippen LogP) is 5.74. The summed E-state index contributed by atoms with van der Waals surface area (Å²) in [4.78, 5) is 15.2. The molecule has 0 aliphatic heterocycles. The third kappa shape index (κ3) is 6.22. The highest BCUT2D eigenvalue weighted by Gasteiger charge is 2.18. The molecule has 0 spiro atoms. The predicted molar refractivity (Wildman–Crippen MR) is 105 cm³/mol. The molecule has 132 valence electrons. The van der Waals surface area contributed by atoms with Gasteiger partial charge in [0.05, 0.1) is 0 Å². The Kier molecular flexibility index (Phi) is 7.97. The van der Waals surface area contributed by atoms with Crippen molar-refractivity contribution in [1.29, 1.82) is 0 Å². The van der Waals surface area contributed by atoms with E-state index in [4.69, 9.17) is 0 Å². The number of rotatable bonds is 9. The van der Waals surface area contributed by atoms with Gasteiger partial charge >= 0.3 is 0 Å². The highest BCUT2D eigenvalue weighted by atomic mass is 16.2. The first-order valence-electron chi connectivity index (χ1n) is 9.30. The Hall–Kier alpha value is -2.35. The van der Waals surface area contributed by atoms with Crippen molar-refractivity contribution in [2.45, 2.75) is 52.6 Å². The highest BCUT2D eigenvalue weighted by molar-refractivity contribution is 5.93. The van der Waals surface area contributed by atoms with Crippen molar-refractivity contribution < 1.29 is 4.79 Å². The summed E-state index contributed by atoms with van der Waals surface area (Å²) >= 11 is 0. The first kappa shape index (κ1) is 19.0. The Morgan fingerprint density at radius 1 is 0.840 bits per heavy atom. The Balaban J connectivity index is 2.23. The van der Waals surface area contributed by atoms with Gasteiger partial charge in [-0.3, -0.25) is 4.79 Å². The third-order valence-electron chi connectivity index (χ3n) is 4.19. The van der Waals surface area contributed by atoms with Gasteiger partial charge in [0.15, 0.2) is 0 Å². The molecule has 0 bridgehead atoms. The van der Waals surface area contributed by atoms with E-state index < -0.39 is 0 Å². The lowest BCUT2D eigenvalue weighted by atomic mass is 10.1. The van der Waals surface area contributed by atoms with E-state index in [0.717, 1.165) is 42.4 Å². The molecule has 0 aromatic heterocycles. The summed E-state index contributed by atoms with van der Waals surface area (Å²) in [5.74, 6) is 0.169. The van der Waals surface area contributed by atoms with Crippen molar-refractivity contribution >= 4 is 5.91 Å². The fourth-order valence-corrected chi connectivity index (χ4v) is 2.89. The first-order chi connectivity index (χ1) is 12.2. The first-order valence-corrected chi connectivity index (χ1v) is 9.30. The molecule has 0 saturated heterocycles. The summed E-state index contributed by atoms with van der Waals surface area (Å²) in [6.45, 7) is 5.56. The Bertz CT molecular complexity index is 620. The largest absolute Gasteiger partial charge is 0.330 e. The van der Waals surface area contributed by atoms with Crippen LogP contribution >= 0.6 is 0 Å². The minimum Gasteiger partial charge on any atom is -0.330 e. The second-order valence-corrected chi connectivity index (χ2v) is 6.40. The average Bonchev–Trinajstić information content (AvgIpc) is 2.66. The summed E-state index contributed by atoms with van der Waals surface area (Å²) in [6, 6.07) is 20.5. The average molecular weight is 335 g/mol. The molecule has 0 saturated carbocycles. The van der Waals surface area contributed by atoms with Crippen LogP contribution in [-0.2, 0) is 17.9 Å². The SMILES string of the molecule is CCC/C=C(\CCC)C(=O)N(Cc1ccccc1)Cc1ccccc1. The molecule has 0 N–H and O–H groups in total. The zero-order valence-corrected chi connectivity index (χ0v) is 15.4. The minimum absolute atomic E-state index is 0.169. The van der Waals surface area contributed by atoms with Gasteiger partial charge < -0.3 is 4.90 Å². The number of amides is 1. The number of carbonyl (C=O) groups excluding carboxylic acids is 1. The number of carbonyl (C=O) groups is 1. The lowest BCUT2D eigenvalue weighted by molar-refractivity contribution is -0.128. The molecule has 2 rings (SSSR count). The van der Waals surface area contributed by atoms with Crippen LogP contribution in [0.15, 0.2) is 72.3 Å². The number of hydrogen-bond acceptors (Lipinski definition) is 1. The van der Waals surface area contributed by atoms with E-state index in [-0.39, 0.29) is 5.91 Å². The monoisotopic (exact) mass is 335 g/mol. The van der Waals surface area contributed by atoms with E-state index in [2.05, 4.69) is 44.2 Å². The molecule has 0 fully saturated rings. The molecule has 2 nitrogen and oxygen atoms in total. The van der Waals surface area contributed by atoms with Gasteiger partial charge in [-0.15, -0.1) is 0 Å². The van der Waals surface area contributed by atoms with Crippen LogP contribution in [0.2, 0.25) is 0 Å². The Morgan fingerprint density at radius 3 is 1.80 bits per heavy atom. The summed E-state index contributed by atoms with van der Waals surface area (Å²) in [5, 5.41) is 0. The number of nitrogens with zero attached hydrogens (tertiary/aromatic N) is 1. The molecule has 0 aliphatic rings. The van der Waals surface area contributed by atoms with Crippen LogP contribution < -0.4 is 0 Å². The van der Waals surface area contributed by atoms with Crippen molar-refractivity contribution in [2.24, 2.45) is 0 Å². The van der Waals surface area contributed by atoms with Crippen molar-refractivity contribution in [2.75, 3.05) is 0 Å². The van der Waals surface area contributed by atoms with Gasteiger partial charge in [0, 0.05) is 18.7 Å². The fraction of sp³-hybridized carbons (Fsp3) is 0.348. The summed E-state index contributed by atoms with van der Waals surface area (Å²) in [7, 11) is 0. The van der Waals surface area contributed by atoms with Crippen molar-refractivity contribution in [3.63, 3.8) is 0 Å². The molecular formula is C23H29NO. The maximum Gasteiger partial charge on any atom is 0.250 e. The van der Waals surface area contributed by atoms with E-state index in [1.165, 1.54) is 0 Å². The second kappa shape index (κ2) is 10.5. The zero-order chi connectivity index (χ0) is 17.9. The summed E-state index contributed by atoms with van der Waals surface area (Å²) in [6.07, 6.45) is 6.00. The molecule has 0 heterocycles. The van der Waals surface area contributed by atoms with E-state index in [1.54, 1.807) is 0 Å².